The van der Waals surface area contributed by atoms with Crippen LogP contribution in [0.4, 0.5) is 0 Å². The predicted molar refractivity (Wildman–Crippen MR) is 142 cm³/mol. The van der Waals surface area contributed by atoms with E-state index in [0.29, 0.717) is 48.8 Å². The summed E-state index contributed by atoms with van der Waals surface area (Å²) in [5.74, 6) is 0.248. The molecule has 0 aliphatic carbocycles. The van der Waals surface area contributed by atoms with Crippen LogP contribution in [0.1, 0.15) is 22.3 Å². The van der Waals surface area contributed by atoms with Crippen molar-refractivity contribution in [2.45, 2.75) is 20.1 Å². The predicted octanol–water partition coefficient (Wildman–Crippen LogP) is 7.94. The highest BCUT2D eigenvalue weighted by atomic mass is 35.5. The molecule has 0 radical (unpaired) electrons. The number of ether oxygens (including phenoxy) is 1. The van der Waals surface area contributed by atoms with E-state index in [1.54, 1.807) is 35.2 Å². The number of thioether (sulfide) groups is 1. The van der Waals surface area contributed by atoms with Crippen molar-refractivity contribution in [2.75, 3.05) is 0 Å². The lowest BCUT2D eigenvalue weighted by Crippen LogP contribution is -2.27. The average molecular weight is 535 g/mol. The maximum Gasteiger partial charge on any atom is 0.266 e. The topological polar surface area (TPSA) is 29.5 Å². The number of hydrogen-bond acceptors (Lipinski definition) is 4. The van der Waals surface area contributed by atoms with Gasteiger partial charge in [-0.1, -0.05) is 101 Å². The number of thiocarbonyl (C=S) groups is 1. The van der Waals surface area contributed by atoms with E-state index in [1.807, 2.05) is 43.3 Å². The van der Waals surface area contributed by atoms with E-state index in [2.05, 4.69) is 0 Å². The Hall–Kier alpha value is -2.02. The van der Waals surface area contributed by atoms with Crippen molar-refractivity contribution < 1.29 is 9.53 Å². The first-order valence-electron chi connectivity index (χ1n) is 9.97. The molecule has 168 valence electrons. The largest absolute Gasteiger partial charge is 0.486 e. The second kappa shape index (κ2) is 10.5. The Balaban J connectivity index is 1.49. The molecule has 1 aliphatic heterocycles. The normalized spacial score (nSPS) is 14.9. The number of rotatable bonds is 6. The minimum atomic E-state index is -0.138. The number of carbonyl (C=O) groups is 1. The van der Waals surface area contributed by atoms with Crippen molar-refractivity contribution in [1.82, 2.24) is 4.90 Å². The molecule has 0 spiro atoms. The number of aryl methyl sites for hydroxylation is 1. The zero-order valence-electron chi connectivity index (χ0n) is 17.5. The third-order valence-corrected chi connectivity index (χ3v) is 7.14. The quantitative estimate of drug-likeness (QED) is 0.237. The third-order valence-electron chi connectivity index (χ3n) is 4.95. The lowest BCUT2D eigenvalue weighted by molar-refractivity contribution is -0.122. The van der Waals surface area contributed by atoms with E-state index in [1.165, 1.54) is 17.3 Å². The molecule has 0 unspecified atom stereocenters. The van der Waals surface area contributed by atoms with Crippen LogP contribution >= 0.6 is 58.8 Å². The molecule has 0 atom stereocenters. The van der Waals surface area contributed by atoms with E-state index < -0.39 is 0 Å². The van der Waals surface area contributed by atoms with Crippen molar-refractivity contribution in [3.63, 3.8) is 0 Å². The minimum absolute atomic E-state index is 0.138. The summed E-state index contributed by atoms with van der Waals surface area (Å²) in [4.78, 5) is 15.1. The van der Waals surface area contributed by atoms with Gasteiger partial charge in [-0.15, -0.1) is 0 Å². The Morgan fingerprint density at radius 2 is 1.58 bits per heavy atom. The molecule has 0 bridgehead atoms. The van der Waals surface area contributed by atoms with Crippen LogP contribution in [-0.4, -0.2) is 15.1 Å². The molecule has 3 aromatic rings. The second-order valence-corrected chi connectivity index (χ2v) is 10.4. The van der Waals surface area contributed by atoms with Gasteiger partial charge in [0.2, 0.25) is 0 Å². The van der Waals surface area contributed by atoms with Gasteiger partial charge in [-0.3, -0.25) is 9.69 Å². The Kier molecular flexibility index (Phi) is 7.67. The summed E-state index contributed by atoms with van der Waals surface area (Å²) < 4.78 is 6.34. The van der Waals surface area contributed by atoms with Crippen LogP contribution in [0.5, 0.6) is 5.75 Å². The molecule has 1 amide bonds. The van der Waals surface area contributed by atoms with E-state index >= 15 is 0 Å². The van der Waals surface area contributed by atoms with Crippen molar-refractivity contribution in [2.24, 2.45) is 0 Å². The molecular formula is C25H18Cl3NO2S2. The first-order valence-corrected chi connectivity index (χ1v) is 12.3. The summed E-state index contributed by atoms with van der Waals surface area (Å²) in [6.07, 6.45) is 1.75. The Morgan fingerprint density at radius 1 is 0.970 bits per heavy atom. The SMILES string of the molecule is Cc1ccc(CN2C(=O)/C(=C/c3cc(Cl)c(OCc4ccc(Cl)cc4)c(Cl)c3)SC2=S)cc1. The highest BCUT2D eigenvalue weighted by Crippen LogP contribution is 2.38. The molecule has 0 N–H and O–H groups in total. The zero-order chi connectivity index (χ0) is 23.5. The minimum Gasteiger partial charge on any atom is -0.486 e. The van der Waals surface area contributed by atoms with Gasteiger partial charge in [-0.05, 0) is 54.0 Å². The van der Waals surface area contributed by atoms with E-state index in [0.717, 1.165) is 11.1 Å². The van der Waals surface area contributed by atoms with Gasteiger partial charge in [0.1, 0.15) is 10.9 Å². The van der Waals surface area contributed by atoms with Crippen molar-refractivity contribution in [3.05, 3.63) is 103 Å². The molecule has 1 saturated heterocycles. The van der Waals surface area contributed by atoms with Gasteiger partial charge in [0.25, 0.3) is 5.91 Å². The number of hydrogen-bond donors (Lipinski definition) is 0. The summed E-state index contributed by atoms with van der Waals surface area (Å²) in [7, 11) is 0. The van der Waals surface area contributed by atoms with Gasteiger partial charge in [0.05, 0.1) is 21.5 Å². The molecule has 1 heterocycles. The second-order valence-electron chi connectivity index (χ2n) is 7.48. The van der Waals surface area contributed by atoms with Crippen molar-refractivity contribution in [3.8, 4) is 5.75 Å². The highest BCUT2D eigenvalue weighted by molar-refractivity contribution is 8.26. The molecule has 1 fully saturated rings. The maximum atomic E-state index is 13.0. The summed E-state index contributed by atoms with van der Waals surface area (Å²) in [5, 5.41) is 1.37. The maximum absolute atomic E-state index is 13.0. The zero-order valence-corrected chi connectivity index (χ0v) is 21.4. The molecule has 0 saturated carbocycles. The molecular weight excluding hydrogens is 517 g/mol. The van der Waals surface area contributed by atoms with E-state index in [-0.39, 0.29) is 5.91 Å². The molecule has 3 aromatic carbocycles. The first-order chi connectivity index (χ1) is 15.8. The summed E-state index contributed by atoms with van der Waals surface area (Å²) in [6.45, 7) is 2.76. The van der Waals surface area contributed by atoms with Crippen molar-refractivity contribution in [1.29, 1.82) is 0 Å². The number of halogens is 3. The summed E-state index contributed by atoms with van der Waals surface area (Å²) in [5.41, 5.74) is 3.82. The van der Waals surface area contributed by atoms with Gasteiger partial charge in [0.15, 0.2) is 5.75 Å². The van der Waals surface area contributed by atoms with Crippen LogP contribution in [0.25, 0.3) is 6.08 Å². The molecule has 33 heavy (non-hydrogen) atoms. The van der Waals surface area contributed by atoms with Crippen LogP contribution in [0.15, 0.2) is 65.6 Å². The molecule has 0 aromatic heterocycles. The van der Waals surface area contributed by atoms with Gasteiger partial charge in [0, 0.05) is 5.02 Å². The van der Waals surface area contributed by atoms with Crippen LogP contribution in [0, 0.1) is 6.92 Å². The van der Waals surface area contributed by atoms with Gasteiger partial charge < -0.3 is 4.74 Å². The van der Waals surface area contributed by atoms with E-state index in [9.17, 15) is 4.79 Å². The monoisotopic (exact) mass is 533 g/mol. The fourth-order valence-corrected chi connectivity index (χ4v) is 5.19. The molecule has 4 rings (SSSR count). The number of nitrogens with zero attached hydrogens (tertiary/aromatic N) is 1. The van der Waals surface area contributed by atoms with Crippen molar-refractivity contribution >= 4 is 75.1 Å². The standard InChI is InChI=1S/C25H18Cl3NO2S2/c1-15-2-4-16(5-3-15)13-29-24(30)22(33-25(29)32)12-18-10-20(27)23(21(28)11-18)31-14-17-6-8-19(26)9-7-17/h2-12H,13-14H2,1H3/b22-12-. The van der Waals surface area contributed by atoms with Crippen LogP contribution in [0.2, 0.25) is 15.1 Å². The lowest BCUT2D eigenvalue weighted by Gasteiger charge is -2.14. The third kappa shape index (κ3) is 5.92. The van der Waals surface area contributed by atoms with E-state index in [4.69, 9.17) is 51.8 Å². The molecule has 3 nitrogen and oxygen atoms in total. The van der Waals surface area contributed by atoms with Crippen LogP contribution in [-0.2, 0) is 17.9 Å². The smallest absolute Gasteiger partial charge is 0.266 e. The van der Waals surface area contributed by atoms with Gasteiger partial charge in [-0.2, -0.15) is 0 Å². The van der Waals surface area contributed by atoms with Gasteiger partial charge >= 0.3 is 0 Å². The number of carbonyl (C=O) groups excluding carboxylic acids is 1. The molecule has 1 aliphatic rings. The fraction of sp³-hybridized carbons (Fsp3) is 0.120. The summed E-state index contributed by atoms with van der Waals surface area (Å²) in [6, 6.07) is 18.8. The lowest BCUT2D eigenvalue weighted by atomic mass is 10.1. The molecule has 8 heteroatoms. The first kappa shape index (κ1) is 24.1. The number of amides is 1. The van der Waals surface area contributed by atoms with Crippen LogP contribution in [0.3, 0.4) is 0 Å². The average Bonchev–Trinajstić information content (AvgIpc) is 3.03. The van der Waals surface area contributed by atoms with Gasteiger partial charge in [-0.25, -0.2) is 0 Å². The Morgan fingerprint density at radius 3 is 2.21 bits per heavy atom. The Labute approximate surface area is 217 Å². The highest BCUT2D eigenvalue weighted by Gasteiger charge is 2.32. The fourth-order valence-electron chi connectivity index (χ4n) is 3.20. The van der Waals surface area contributed by atoms with Crippen LogP contribution < -0.4 is 4.74 Å². The Bertz CT molecular complexity index is 1220. The summed E-state index contributed by atoms with van der Waals surface area (Å²) >= 11 is 25.5. The number of benzene rings is 3.